The van der Waals surface area contributed by atoms with E-state index in [1.807, 2.05) is 0 Å². The summed E-state index contributed by atoms with van der Waals surface area (Å²) in [7, 11) is 0. The SMILES string of the molecule is CCCCCCCCC=CCCCCCCCC(=O)[O-].O=C([O-])c1ccccc1.[Al+2]. The van der Waals surface area contributed by atoms with Gasteiger partial charge in [0, 0.05) is 5.97 Å². The summed E-state index contributed by atoms with van der Waals surface area (Å²) in [6.07, 6.45) is 20.9. The minimum Gasteiger partial charge on any atom is -0.550 e. The zero-order chi connectivity index (χ0) is 21.6. The van der Waals surface area contributed by atoms with Crippen molar-refractivity contribution in [3.05, 3.63) is 48.0 Å². The molecule has 5 heteroatoms. The number of aromatic carboxylic acids is 1. The summed E-state index contributed by atoms with van der Waals surface area (Å²) in [6, 6.07) is 8.06. The van der Waals surface area contributed by atoms with Crippen molar-refractivity contribution in [2.75, 3.05) is 0 Å². The van der Waals surface area contributed by atoms with Crippen molar-refractivity contribution in [2.45, 2.75) is 96.8 Å². The van der Waals surface area contributed by atoms with Crippen molar-refractivity contribution < 1.29 is 19.8 Å². The van der Waals surface area contributed by atoms with Gasteiger partial charge in [0.25, 0.3) is 0 Å². The first-order valence-electron chi connectivity index (χ1n) is 11.2. The van der Waals surface area contributed by atoms with Crippen LogP contribution in [0.15, 0.2) is 42.5 Å². The molecule has 1 aromatic carbocycles. The summed E-state index contributed by atoms with van der Waals surface area (Å²) in [4.78, 5) is 20.3. The van der Waals surface area contributed by atoms with Crippen LogP contribution in [0.1, 0.15) is 107 Å². The van der Waals surface area contributed by atoms with E-state index in [0.717, 1.165) is 19.3 Å². The molecule has 0 saturated heterocycles. The minimum atomic E-state index is -1.13. The molecule has 4 nitrogen and oxygen atoms in total. The van der Waals surface area contributed by atoms with Crippen LogP contribution in [0.2, 0.25) is 0 Å². The molecule has 1 rings (SSSR count). The van der Waals surface area contributed by atoms with Gasteiger partial charge < -0.3 is 19.8 Å². The Balaban J connectivity index is 0. The third-order valence-electron chi connectivity index (χ3n) is 4.65. The van der Waals surface area contributed by atoms with E-state index in [1.165, 1.54) is 76.3 Å². The number of carbonyl (C=O) groups is 2. The standard InChI is InChI=1S/C18H34O2.C7H6O2.Al/c1-2-3-4-5-6-7-8-9-10-11-12-13-14-15-16-17-18(19)20;8-7(9)6-4-2-1-3-5-6;/h9-10H,2-8,11-17H2,1H3,(H,19,20);1-5H,(H,8,9);/q;;+2/p-2. The van der Waals surface area contributed by atoms with Crippen molar-refractivity contribution >= 4 is 29.3 Å². The number of carboxylic acid groups (broad SMARTS) is 2. The average molecular weight is 430 g/mol. The molecule has 0 aromatic heterocycles. The van der Waals surface area contributed by atoms with E-state index in [1.54, 1.807) is 18.2 Å². The van der Waals surface area contributed by atoms with Crippen LogP contribution >= 0.6 is 0 Å². The fourth-order valence-electron chi connectivity index (χ4n) is 2.91. The van der Waals surface area contributed by atoms with Gasteiger partial charge in [0.15, 0.2) is 0 Å². The van der Waals surface area contributed by atoms with Crippen LogP contribution in [0.25, 0.3) is 0 Å². The van der Waals surface area contributed by atoms with Gasteiger partial charge >= 0.3 is 17.4 Å². The Morgan fingerprint density at radius 1 is 0.733 bits per heavy atom. The first-order chi connectivity index (χ1) is 14.1. The largest absolute Gasteiger partial charge is 2.00 e. The van der Waals surface area contributed by atoms with E-state index >= 15 is 0 Å². The van der Waals surface area contributed by atoms with E-state index in [4.69, 9.17) is 0 Å². The van der Waals surface area contributed by atoms with Gasteiger partial charge in [-0.15, -0.1) is 0 Å². The molecule has 0 saturated carbocycles. The number of unbranched alkanes of at least 4 members (excludes halogenated alkanes) is 11. The fraction of sp³-hybridized carbons (Fsp3) is 0.600. The van der Waals surface area contributed by atoms with Crippen LogP contribution in [0, 0.1) is 0 Å². The predicted molar refractivity (Wildman–Crippen MR) is 121 cm³/mol. The molecule has 0 spiro atoms. The maximum Gasteiger partial charge on any atom is 2.00 e. The summed E-state index contributed by atoms with van der Waals surface area (Å²) < 4.78 is 0. The van der Waals surface area contributed by atoms with Crippen LogP contribution < -0.4 is 10.2 Å². The molecule has 0 heterocycles. The number of carboxylic acids is 2. The van der Waals surface area contributed by atoms with Gasteiger partial charge in [0.2, 0.25) is 0 Å². The summed E-state index contributed by atoms with van der Waals surface area (Å²) in [5.74, 6) is -2.04. The Hall–Kier alpha value is -1.57. The van der Waals surface area contributed by atoms with Crippen LogP contribution in [0.4, 0.5) is 0 Å². The second-order valence-corrected chi connectivity index (χ2v) is 7.36. The first-order valence-corrected chi connectivity index (χ1v) is 11.2. The van der Waals surface area contributed by atoms with E-state index in [9.17, 15) is 19.8 Å². The number of carbonyl (C=O) groups excluding carboxylic acids is 2. The summed E-state index contributed by atoms with van der Waals surface area (Å²) in [5, 5.41) is 20.3. The number of allylic oxidation sites excluding steroid dienone is 2. The third kappa shape index (κ3) is 22.7. The van der Waals surface area contributed by atoms with Gasteiger partial charge in [-0.05, 0) is 44.1 Å². The molecule has 30 heavy (non-hydrogen) atoms. The predicted octanol–water partition coefficient (Wildman–Crippen LogP) is 4.44. The molecule has 0 fully saturated rings. The van der Waals surface area contributed by atoms with E-state index in [2.05, 4.69) is 19.1 Å². The molecule has 0 amide bonds. The Morgan fingerprint density at radius 2 is 1.20 bits per heavy atom. The van der Waals surface area contributed by atoms with Gasteiger partial charge in [-0.25, -0.2) is 0 Å². The molecular formula is C25H38AlO4. The Labute approximate surface area is 193 Å². The van der Waals surface area contributed by atoms with E-state index in [0.29, 0.717) is 0 Å². The molecule has 1 radical (unpaired) electrons. The van der Waals surface area contributed by atoms with Crippen molar-refractivity contribution in [2.24, 2.45) is 0 Å². The third-order valence-corrected chi connectivity index (χ3v) is 4.65. The second-order valence-electron chi connectivity index (χ2n) is 7.36. The smallest absolute Gasteiger partial charge is 0.550 e. The average Bonchev–Trinajstić information content (AvgIpc) is 2.72. The van der Waals surface area contributed by atoms with Crippen LogP contribution in [-0.2, 0) is 4.79 Å². The van der Waals surface area contributed by atoms with Crippen LogP contribution in [0.5, 0.6) is 0 Å². The normalized spacial score (nSPS) is 10.2. The summed E-state index contributed by atoms with van der Waals surface area (Å²) >= 11 is 0. The van der Waals surface area contributed by atoms with Crippen molar-refractivity contribution in [1.29, 1.82) is 0 Å². The zero-order valence-corrected chi connectivity index (χ0v) is 19.8. The molecule has 165 valence electrons. The Bertz CT molecular complexity index is 543. The molecule has 0 unspecified atom stereocenters. The van der Waals surface area contributed by atoms with Gasteiger partial charge in [-0.2, -0.15) is 0 Å². The molecule has 0 N–H and O–H groups in total. The van der Waals surface area contributed by atoms with E-state index in [-0.39, 0.29) is 29.3 Å². The molecule has 0 bridgehead atoms. The summed E-state index contributed by atoms with van der Waals surface area (Å²) in [5.41, 5.74) is 0.220. The monoisotopic (exact) mass is 429 g/mol. The molecule has 0 atom stereocenters. The first kappa shape index (κ1) is 30.6. The topological polar surface area (TPSA) is 80.3 Å². The minimum absolute atomic E-state index is 0. The second kappa shape index (κ2) is 23.7. The number of benzene rings is 1. The zero-order valence-electron chi connectivity index (χ0n) is 18.7. The maximum atomic E-state index is 10.2. The van der Waals surface area contributed by atoms with Gasteiger partial charge in [0.05, 0.1) is 5.97 Å². The van der Waals surface area contributed by atoms with Crippen molar-refractivity contribution in [1.82, 2.24) is 0 Å². The van der Waals surface area contributed by atoms with E-state index < -0.39 is 11.9 Å². The maximum absolute atomic E-state index is 10.2. The number of rotatable bonds is 16. The number of hydrogen-bond donors (Lipinski definition) is 0. The van der Waals surface area contributed by atoms with Crippen molar-refractivity contribution in [3.8, 4) is 0 Å². The Morgan fingerprint density at radius 3 is 1.63 bits per heavy atom. The quantitative estimate of drug-likeness (QED) is 0.221. The molecule has 0 aliphatic rings. The van der Waals surface area contributed by atoms with Gasteiger partial charge in [-0.3, -0.25) is 0 Å². The van der Waals surface area contributed by atoms with Crippen LogP contribution in [0.3, 0.4) is 0 Å². The molecule has 1 aromatic rings. The van der Waals surface area contributed by atoms with Gasteiger partial charge in [-0.1, -0.05) is 101 Å². The molecular weight excluding hydrogens is 391 g/mol. The van der Waals surface area contributed by atoms with Crippen molar-refractivity contribution in [3.63, 3.8) is 0 Å². The van der Waals surface area contributed by atoms with Crippen LogP contribution in [-0.4, -0.2) is 29.3 Å². The van der Waals surface area contributed by atoms with Gasteiger partial charge in [0.1, 0.15) is 0 Å². The molecule has 0 aliphatic carbocycles. The summed E-state index contributed by atoms with van der Waals surface area (Å²) in [6.45, 7) is 2.26. The fourth-order valence-corrected chi connectivity index (χ4v) is 2.91. The molecule has 0 aliphatic heterocycles. The Kier molecular flexibility index (Phi) is 24.2. The number of hydrogen-bond acceptors (Lipinski definition) is 4. The number of aliphatic carboxylic acids is 1.